The molecule has 4 heteroatoms. The SMILES string of the molecule is Cc1ccc(C)c(OCCNC(=O)CCc2ccccc2Cl)c1. The molecule has 0 spiro atoms. The van der Waals surface area contributed by atoms with Gasteiger partial charge in [-0.15, -0.1) is 0 Å². The van der Waals surface area contributed by atoms with E-state index in [0.29, 0.717) is 31.0 Å². The van der Waals surface area contributed by atoms with Gasteiger partial charge in [-0.2, -0.15) is 0 Å². The van der Waals surface area contributed by atoms with E-state index in [1.165, 1.54) is 0 Å². The molecule has 1 N–H and O–H groups in total. The monoisotopic (exact) mass is 331 g/mol. The van der Waals surface area contributed by atoms with Crippen molar-refractivity contribution in [3.8, 4) is 5.75 Å². The third kappa shape index (κ3) is 5.61. The Kier molecular flexibility index (Phi) is 6.48. The molecule has 0 unspecified atom stereocenters. The van der Waals surface area contributed by atoms with E-state index in [1.54, 1.807) is 0 Å². The number of hydrogen-bond acceptors (Lipinski definition) is 2. The lowest BCUT2D eigenvalue weighted by Crippen LogP contribution is -2.28. The molecule has 23 heavy (non-hydrogen) atoms. The Bertz CT molecular complexity index is 670. The molecular formula is C19H22ClNO2. The molecule has 0 aliphatic carbocycles. The van der Waals surface area contributed by atoms with Crippen LogP contribution < -0.4 is 10.1 Å². The lowest BCUT2D eigenvalue weighted by Gasteiger charge is -2.11. The summed E-state index contributed by atoms with van der Waals surface area (Å²) in [5.74, 6) is 0.879. The van der Waals surface area contributed by atoms with E-state index in [2.05, 4.69) is 11.4 Å². The maximum atomic E-state index is 11.9. The fourth-order valence-electron chi connectivity index (χ4n) is 2.25. The number of ether oxygens (including phenoxy) is 1. The van der Waals surface area contributed by atoms with Crippen LogP contribution in [0.15, 0.2) is 42.5 Å². The second-order valence-corrected chi connectivity index (χ2v) is 5.97. The van der Waals surface area contributed by atoms with Crippen LogP contribution in [0, 0.1) is 13.8 Å². The smallest absolute Gasteiger partial charge is 0.220 e. The van der Waals surface area contributed by atoms with Gasteiger partial charge in [0.25, 0.3) is 0 Å². The van der Waals surface area contributed by atoms with Crippen molar-refractivity contribution in [1.29, 1.82) is 0 Å². The molecule has 0 saturated heterocycles. The lowest BCUT2D eigenvalue weighted by molar-refractivity contribution is -0.121. The lowest BCUT2D eigenvalue weighted by atomic mass is 10.1. The third-order valence-corrected chi connectivity index (χ3v) is 3.97. The number of nitrogens with one attached hydrogen (secondary N) is 1. The summed E-state index contributed by atoms with van der Waals surface area (Å²) >= 11 is 6.08. The number of benzene rings is 2. The predicted molar refractivity (Wildman–Crippen MR) is 94.2 cm³/mol. The molecule has 0 heterocycles. The number of hydrogen-bond donors (Lipinski definition) is 1. The second-order valence-electron chi connectivity index (χ2n) is 5.56. The third-order valence-electron chi connectivity index (χ3n) is 3.60. The van der Waals surface area contributed by atoms with Gasteiger partial charge in [0.05, 0.1) is 6.54 Å². The van der Waals surface area contributed by atoms with Crippen molar-refractivity contribution < 1.29 is 9.53 Å². The van der Waals surface area contributed by atoms with Gasteiger partial charge < -0.3 is 10.1 Å². The van der Waals surface area contributed by atoms with Crippen molar-refractivity contribution in [3.05, 3.63) is 64.2 Å². The minimum Gasteiger partial charge on any atom is -0.491 e. The van der Waals surface area contributed by atoms with E-state index in [0.717, 1.165) is 22.4 Å². The van der Waals surface area contributed by atoms with Crippen LogP contribution in [-0.4, -0.2) is 19.1 Å². The van der Waals surface area contributed by atoms with E-state index in [-0.39, 0.29) is 5.91 Å². The summed E-state index contributed by atoms with van der Waals surface area (Å²) in [6.07, 6.45) is 1.07. The largest absolute Gasteiger partial charge is 0.491 e. The quantitative estimate of drug-likeness (QED) is 0.776. The van der Waals surface area contributed by atoms with Crippen LogP contribution in [-0.2, 0) is 11.2 Å². The topological polar surface area (TPSA) is 38.3 Å². The first-order chi connectivity index (χ1) is 11.1. The molecule has 0 bridgehead atoms. The van der Waals surface area contributed by atoms with E-state index >= 15 is 0 Å². The molecule has 3 nitrogen and oxygen atoms in total. The number of halogens is 1. The van der Waals surface area contributed by atoms with Crippen LogP contribution >= 0.6 is 11.6 Å². The number of amides is 1. The standard InChI is InChI=1S/C19H22ClNO2/c1-14-7-8-15(2)18(13-14)23-12-11-21-19(22)10-9-16-5-3-4-6-17(16)20/h3-8,13H,9-12H2,1-2H3,(H,21,22). The molecule has 0 saturated carbocycles. The van der Waals surface area contributed by atoms with Gasteiger partial charge in [0.1, 0.15) is 12.4 Å². The van der Waals surface area contributed by atoms with Crippen LogP contribution in [0.25, 0.3) is 0 Å². The zero-order chi connectivity index (χ0) is 16.7. The zero-order valence-corrected chi connectivity index (χ0v) is 14.3. The van der Waals surface area contributed by atoms with E-state index in [9.17, 15) is 4.79 Å². The summed E-state index contributed by atoms with van der Waals surface area (Å²) in [6, 6.07) is 13.7. The summed E-state index contributed by atoms with van der Waals surface area (Å²) in [5.41, 5.74) is 3.26. The average molecular weight is 332 g/mol. The highest BCUT2D eigenvalue weighted by Crippen LogP contribution is 2.19. The van der Waals surface area contributed by atoms with E-state index in [1.807, 2.05) is 50.2 Å². The maximum absolute atomic E-state index is 11.9. The highest BCUT2D eigenvalue weighted by atomic mass is 35.5. The van der Waals surface area contributed by atoms with Crippen LogP contribution in [0.5, 0.6) is 5.75 Å². The van der Waals surface area contributed by atoms with Gasteiger partial charge in [-0.05, 0) is 49.1 Å². The number of carbonyl (C=O) groups is 1. The summed E-state index contributed by atoms with van der Waals surface area (Å²) in [5, 5.41) is 3.58. The van der Waals surface area contributed by atoms with Gasteiger partial charge in [0.15, 0.2) is 0 Å². The molecule has 0 aromatic heterocycles. The molecule has 0 aliphatic heterocycles. The average Bonchev–Trinajstić information content (AvgIpc) is 2.54. The van der Waals surface area contributed by atoms with Crippen molar-refractivity contribution in [3.63, 3.8) is 0 Å². The molecule has 0 fully saturated rings. The molecular weight excluding hydrogens is 310 g/mol. The Hall–Kier alpha value is -2.00. The van der Waals surface area contributed by atoms with Crippen molar-refractivity contribution in [2.45, 2.75) is 26.7 Å². The van der Waals surface area contributed by atoms with Gasteiger partial charge in [0.2, 0.25) is 5.91 Å². The van der Waals surface area contributed by atoms with Crippen molar-refractivity contribution in [1.82, 2.24) is 5.32 Å². The predicted octanol–water partition coefficient (Wildman–Crippen LogP) is 4.08. The van der Waals surface area contributed by atoms with Crippen LogP contribution in [0.2, 0.25) is 5.02 Å². The second kappa shape index (κ2) is 8.59. The molecule has 0 atom stereocenters. The normalized spacial score (nSPS) is 10.4. The van der Waals surface area contributed by atoms with Gasteiger partial charge in [-0.25, -0.2) is 0 Å². The highest BCUT2D eigenvalue weighted by Gasteiger charge is 2.05. The van der Waals surface area contributed by atoms with Gasteiger partial charge in [0, 0.05) is 11.4 Å². The van der Waals surface area contributed by atoms with E-state index in [4.69, 9.17) is 16.3 Å². The summed E-state index contributed by atoms with van der Waals surface area (Å²) in [6.45, 7) is 5.00. The fourth-order valence-corrected chi connectivity index (χ4v) is 2.48. The zero-order valence-electron chi connectivity index (χ0n) is 13.6. The van der Waals surface area contributed by atoms with Gasteiger partial charge in [-0.1, -0.05) is 41.9 Å². The first-order valence-corrected chi connectivity index (χ1v) is 8.14. The number of aryl methyl sites for hydroxylation is 3. The molecule has 122 valence electrons. The fraction of sp³-hybridized carbons (Fsp3) is 0.316. The first kappa shape index (κ1) is 17.4. The van der Waals surface area contributed by atoms with Crippen LogP contribution in [0.3, 0.4) is 0 Å². The van der Waals surface area contributed by atoms with Crippen LogP contribution in [0.4, 0.5) is 0 Å². The molecule has 2 aromatic rings. The maximum Gasteiger partial charge on any atom is 0.220 e. The van der Waals surface area contributed by atoms with Gasteiger partial charge in [-0.3, -0.25) is 4.79 Å². The Balaban J connectivity index is 1.69. The van der Waals surface area contributed by atoms with Gasteiger partial charge >= 0.3 is 0 Å². The Morgan fingerprint density at radius 1 is 1.17 bits per heavy atom. The molecule has 0 aliphatic rings. The number of carbonyl (C=O) groups excluding carboxylic acids is 1. The Morgan fingerprint density at radius 3 is 2.74 bits per heavy atom. The van der Waals surface area contributed by atoms with Crippen LogP contribution in [0.1, 0.15) is 23.1 Å². The first-order valence-electron chi connectivity index (χ1n) is 7.76. The molecule has 2 aromatic carbocycles. The van der Waals surface area contributed by atoms with Crippen molar-refractivity contribution in [2.24, 2.45) is 0 Å². The summed E-state index contributed by atoms with van der Waals surface area (Å²) < 4.78 is 5.71. The highest BCUT2D eigenvalue weighted by molar-refractivity contribution is 6.31. The molecule has 1 amide bonds. The molecule has 2 rings (SSSR count). The van der Waals surface area contributed by atoms with Crippen molar-refractivity contribution >= 4 is 17.5 Å². The minimum atomic E-state index is 0.00878. The minimum absolute atomic E-state index is 0.00878. The Morgan fingerprint density at radius 2 is 1.96 bits per heavy atom. The Labute approximate surface area is 142 Å². The summed E-state index contributed by atoms with van der Waals surface area (Å²) in [4.78, 5) is 11.9. The summed E-state index contributed by atoms with van der Waals surface area (Å²) in [7, 11) is 0. The van der Waals surface area contributed by atoms with Crippen molar-refractivity contribution in [2.75, 3.05) is 13.2 Å². The molecule has 0 radical (unpaired) electrons. The van der Waals surface area contributed by atoms with E-state index < -0.39 is 0 Å². The number of rotatable bonds is 7.